The first kappa shape index (κ1) is 15.0. The fourth-order valence-electron chi connectivity index (χ4n) is 2.61. The van der Waals surface area contributed by atoms with Crippen molar-refractivity contribution in [1.82, 2.24) is 14.6 Å². The van der Waals surface area contributed by atoms with Crippen LogP contribution in [0.25, 0.3) is 5.65 Å². The zero-order valence-corrected chi connectivity index (χ0v) is 14.0. The summed E-state index contributed by atoms with van der Waals surface area (Å²) in [5.74, 6) is 0.922. The number of fused-ring (bicyclic) bond motifs is 1. The Balaban J connectivity index is 1.51. The van der Waals surface area contributed by atoms with Gasteiger partial charge < -0.3 is 0 Å². The van der Waals surface area contributed by atoms with Crippen molar-refractivity contribution < 1.29 is 0 Å². The third-order valence-electron chi connectivity index (χ3n) is 3.80. The molecule has 0 N–H and O–H groups in total. The molecule has 0 aliphatic rings. The Morgan fingerprint density at radius 2 is 1.50 bits per heavy atom. The second-order valence-corrected chi connectivity index (χ2v) is 6.64. The summed E-state index contributed by atoms with van der Waals surface area (Å²) < 4.78 is 1.88. The third kappa shape index (κ3) is 3.49. The Hall–Kier alpha value is -2.59. The van der Waals surface area contributed by atoms with Crippen LogP contribution in [0.4, 0.5) is 0 Å². The zero-order valence-electron chi connectivity index (χ0n) is 13.2. The summed E-state index contributed by atoms with van der Waals surface area (Å²) in [6, 6.07) is 24.9. The van der Waals surface area contributed by atoms with E-state index < -0.39 is 0 Å². The van der Waals surface area contributed by atoms with E-state index in [1.54, 1.807) is 11.8 Å². The Bertz CT molecular complexity index is 933. The molecule has 0 fully saturated rings. The molecular weight excluding hydrogens is 314 g/mol. The van der Waals surface area contributed by atoms with Gasteiger partial charge in [0, 0.05) is 12.2 Å². The van der Waals surface area contributed by atoms with Gasteiger partial charge in [0.25, 0.3) is 0 Å². The highest BCUT2D eigenvalue weighted by molar-refractivity contribution is 7.98. The minimum absolute atomic E-state index is 0.830. The van der Waals surface area contributed by atoms with E-state index in [1.807, 2.05) is 35.0 Å². The fourth-order valence-corrected chi connectivity index (χ4v) is 3.43. The van der Waals surface area contributed by atoms with Gasteiger partial charge in [-0.1, -0.05) is 72.4 Å². The van der Waals surface area contributed by atoms with Crippen molar-refractivity contribution in [3.05, 3.63) is 95.8 Å². The van der Waals surface area contributed by atoms with Crippen molar-refractivity contribution in [1.29, 1.82) is 0 Å². The normalized spacial score (nSPS) is 11.0. The van der Waals surface area contributed by atoms with Gasteiger partial charge in [-0.05, 0) is 23.3 Å². The van der Waals surface area contributed by atoms with Gasteiger partial charge in [-0.2, -0.15) is 5.10 Å². The number of hydrogen-bond donors (Lipinski definition) is 0. The van der Waals surface area contributed by atoms with Crippen LogP contribution >= 0.6 is 11.8 Å². The SMILES string of the molecule is c1ccc(CSc2ccc3nc(Cc4ccccc4)cn3n2)cc1. The van der Waals surface area contributed by atoms with Crippen LogP contribution in [-0.4, -0.2) is 14.6 Å². The molecule has 4 rings (SSSR count). The van der Waals surface area contributed by atoms with Crippen LogP contribution in [-0.2, 0) is 12.2 Å². The lowest BCUT2D eigenvalue weighted by Gasteiger charge is -2.01. The average Bonchev–Trinajstić information content (AvgIpc) is 3.03. The second kappa shape index (κ2) is 6.89. The van der Waals surface area contributed by atoms with Crippen molar-refractivity contribution in [2.75, 3.05) is 0 Å². The molecule has 0 amide bonds. The van der Waals surface area contributed by atoms with Crippen LogP contribution in [0.2, 0.25) is 0 Å². The van der Waals surface area contributed by atoms with Gasteiger partial charge in [-0.3, -0.25) is 0 Å². The molecule has 4 aromatic rings. The van der Waals surface area contributed by atoms with Gasteiger partial charge in [0.15, 0.2) is 5.65 Å². The van der Waals surface area contributed by atoms with Crippen molar-refractivity contribution in [2.45, 2.75) is 17.2 Å². The molecule has 2 aromatic heterocycles. The molecule has 0 atom stereocenters. The van der Waals surface area contributed by atoms with Crippen LogP contribution in [0.3, 0.4) is 0 Å². The molecule has 3 nitrogen and oxygen atoms in total. The summed E-state index contributed by atoms with van der Waals surface area (Å²) in [6.45, 7) is 0. The van der Waals surface area contributed by atoms with Crippen LogP contribution in [0, 0.1) is 0 Å². The Labute approximate surface area is 145 Å². The van der Waals surface area contributed by atoms with Crippen LogP contribution in [0.1, 0.15) is 16.8 Å². The number of nitrogens with zero attached hydrogens (tertiary/aromatic N) is 3. The summed E-state index contributed by atoms with van der Waals surface area (Å²) in [6.07, 6.45) is 2.85. The highest BCUT2D eigenvalue weighted by Gasteiger charge is 2.05. The number of benzene rings is 2. The average molecular weight is 331 g/mol. The van der Waals surface area contributed by atoms with E-state index in [4.69, 9.17) is 0 Å². The van der Waals surface area contributed by atoms with Gasteiger partial charge in [0.1, 0.15) is 5.03 Å². The standard InChI is InChI=1S/C20H17N3S/c1-3-7-16(8-4-1)13-18-14-23-19(21-18)11-12-20(22-23)24-15-17-9-5-2-6-10-17/h1-12,14H,13,15H2. The number of aromatic nitrogens is 3. The van der Waals surface area contributed by atoms with E-state index >= 15 is 0 Å². The first-order valence-corrected chi connectivity index (χ1v) is 8.91. The lowest BCUT2D eigenvalue weighted by atomic mass is 10.1. The minimum atomic E-state index is 0.830. The Morgan fingerprint density at radius 1 is 0.792 bits per heavy atom. The van der Waals surface area contributed by atoms with E-state index in [0.717, 1.165) is 28.5 Å². The fraction of sp³-hybridized carbons (Fsp3) is 0.100. The molecule has 0 radical (unpaired) electrons. The van der Waals surface area contributed by atoms with Crippen LogP contribution in [0.5, 0.6) is 0 Å². The number of thioether (sulfide) groups is 1. The predicted octanol–water partition coefficient (Wildman–Crippen LogP) is 4.61. The molecule has 0 saturated carbocycles. The molecule has 2 aromatic carbocycles. The molecule has 0 saturated heterocycles. The van der Waals surface area contributed by atoms with Crippen LogP contribution in [0.15, 0.2) is 84.0 Å². The molecule has 2 heterocycles. The summed E-state index contributed by atoms with van der Waals surface area (Å²) in [7, 11) is 0. The van der Waals surface area contributed by atoms with Gasteiger partial charge in [-0.15, -0.1) is 0 Å². The van der Waals surface area contributed by atoms with E-state index in [2.05, 4.69) is 58.6 Å². The summed E-state index contributed by atoms with van der Waals surface area (Å²) in [4.78, 5) is 4.66. The number of hydrogen-bond acceptors (Lipinski definition) is 3. The van der Waals surface area contributed by atoms with Gasteiger partial charge in [-0.25, -0.2) is 9.50 Å². The maximum atomic E-state index is 4.67. The summed E-state index contributed by atoms with van der Waals surface area (Å²) in [5.41, 5.74) is 4.50. The molecule has 0 unspecified atom stereocenters. The highest BCUT2D eigenvalue weighted by Crippen LogP contribution is 2.21. The van der Waals surface area contributed by atoms with E-state index in [1.165, 1.54) is 11.1 Å². The van der Waals surface area contributed by atoms with Gasteiger partial charge in [0.2, 0.25) is 0 Å². The third-order valence-corrected chi connectivity index (χ3v) is 4.79. The summed E-state index contributed by atoms with van der Waals surface area (Å²) >= 11 is 1.74. The molecule has 118 valence electrons. The molecule has 4 heteroatoms. The Morgan fingerprint density at radius 3 is 2.25 bits per heavy atom. The smallest absolute Gasteiger partial charge is 0.153 e. The minimum Gasteiger partial charge on any atom is -0.232 e. The quantitative estimate of drug-likeness (QED) is 0.500. The zero-order chi connectivity index (χ0) is 16.2. The van der Waals surface area contributed by atoms with E-state index in [0.29, 0.717) is 0 Å². The number of rotatable bonds is 5. The number of imidazole rings is 1. The monoisotopic (exact) mass is 331 g/mol. The lowest BCUT2D eigenvalue weighted by molar-refractivity contribution is 0.857. The van der Waals surface area contributed by atoms with E-state index in [-0.39, 0.29) is 0 Å². The van der Waals surface area contributed by atoms with Crippen molar-refractivity contribution in [3.63, 3.8) is 0 Å². The highest BCUT2D eigenvalue weighted by atomic mass is 32.2. The molecule has 0 aliphatic carbocycles. The van der Waals surface area contributed by atoms with Gasteiger partial charge in [0.05, 0.1) is 11.9 Å². The van der Waals surface area contributed by atoms with Crippen molar-refractivity contribution in [3.8, 4) is 0 Å². The molecule has 0 spiro atoms. The molecular formula is C20H17N3S. The lowest BCUT2D eigenvalue weighted by Crippen LogP contribution is -1.92. The van der Waals surface area contributed by atoms with E-state index in [9.17, 15) is 0 Å². The Kier molecular flexibility index (Phi) is 4.30. The summed E-state index contributed by atoms with van der Waals surface area (Å²) in [5, 5.41) is 5.68. The van der Waals surface area contributed by atoms with Crippen molar-refractivity contribution >= 4 is 17.4 Å². The maximum Gasteiger partial charge on any atom is 0.153 e. The molecule has 0 bridgehead atoms. The largest absolute Gasteiger partial charge is 0.232 e. The molecule has 24 heavy (non-hydrogen) atoms. The van der Waals surface area contributed by atoms with Gasteiger partial charge >= 0.3 is 0 Å². The first-order chi connectivity index (χ1) is 11.9. The second-order valence-electron chi connectivity index (χ2n) is 5.64. The molecule has 0 aliphatic heterocycles. The predicted molar refractivity (Wildman–Crippen MR) is 98.2 cm³/mol. The van der Waals surface area contributed by atoms with Crippen LogP contribution < -0.4 is 0 Å². The maximum absolute atomic E-state index is 4.67. The topological polar surface area (TPSA) is 30.2 Å². The van der Waals surface area contributed by atoms with Crippen molar-refractivity contribution in [2.24, 2.45) is 0 Å². The first-order valence-electron chi connectivity index (χ1n) is 7.93.